The molecule has 168 valence electrons. The van der Waals surface area contributed by atoms with Crippen molar-refractivity contribution in [1.29, 1.82) is 0 Å². The number of nitrogens with one attached hydrogen (secondary N) is 1. The first-order valence-electron chi connectivity index (χ1n) is 11.0. The Hall–Kier alpha value is -3.88. The maximum absolute atomic E-state index is 6.09. The fourth-order valence-corrected chi connectivity index (χ4v) is 4.72. The smallest absolute Gasteiger partial charge is 0.222 e. The number of benzene rings is 1. The van der Waals surface area contributed by atoms with Crippen molar-refractivity contribution in [2.45, 2.75) is 39.0 Å². The van der Waals surface area contributed by atoms with Crippen LogP contribution in [0.5, 0.6) is 5.75 Å². The van der Waals surface area contributed by atoms with Crippen molar-refractivity contribution in [2.24, 2.45) is 7.05 Å². The van der Waals surface area contributed by atoms with Gasteiger partial charge in [0.25, 0.3) is 0 Å². The third-order valence-corrected chi connectivity index (χ3v) is 6.51. The zero-order valence-corrected chi connectivity index (χ0v) is 19.1. The normalized spacial score (nSPS) is 13.9. The van der Waals surface area contributed by atoms with Gasteiger partial charge in [-0.1, -0.05) is 5.16 Å². The fourth-order valence-electron chi connectivity index (χ4n) is 4.72. The van der Waals surface area contributed by atoms with Crippen LogP contribution in [0.4, 0.5) is 5.95 Å². The first-order valence-corrected chi connectivity index (χ1v) is 11.0. The number of anilines is 1. The number of methoxy groups -OCH3 is 1. The Bertz CT molecular complexity index is 1520. The van der Waals surface area contributed by atoms with Gasteiger partial charge in [-0.2, -0.15) is 10.1 Å². The van der Waals surface area contributed by atoms with Gasteiger partial charge in [0, 0.05) is 46.9 Å². The highest BCUT2D eigenvalue weighted by atomic mass is 16.5. The van der Waals surface area contributed by atoms with Gasteiger partial charge in [-0.15, -0.1) is 0 Å². The van der Waals surface area contributed by atoms with E-state index in [0.29, 0.717) is 18.0 Å². The van der Waals surface area contributed by atoms with Crippen LogP contribution in [0.1, 0.15) is 47.3 Å². The van der Waals surface area contributed by atoms with Gasteiger partial charge < -0.3 is 20.0 Å². The van der Waals surface area contributed by atoms with E-state index in [1.807, 2.05) is 31.6 Å². The molecule has 0 saturated heterocycles. The van der Waals surface area contributed by atoms with E-state index in [4.69, 9.17) is 20.1 Å². The van der Waals surface area contributed by atoms with Gasteiger partial charge in [-0.05, 0) is 44.9 Å². The molecule has 0 atom stereocenters. The second-order valence-electron chi connectivity index (χ2n) is 8.81. The summed E-state index contributed by atoms with van der Waals surface area (Å²) in [4.78, 5) is 12.5. The monoisotopic (exact) mass is 443 g/mol. The van der Waals surface area contributed by atoms with E-state index in [9.17, 15) is 0 Å². The zero-order chi connectivity index (χ0) is 22.9. The molecule has 1 aliphatic carbocycles. The number of hydrogen-bond donors (Lipinski definition) is 2. The van der Waals surface area contributed by atoms with Crippen molar-refractivity contribution in [3.63, 3.8) is 0 Å². The number of nitrogens with zero attached hydrogens (tertiary/aromatic N) is 5. The van der Waals surface area contributed by atoms with E-state index in [-0.39, 0.29) is 5.95 Å². The topological polar surface area (TPSA) is 121 Å². The lowest BCUT2D eigenvalue weighted by atomic mass is 10.00. The molecule has 1 aromatic carbocycles. The van der Waals surface area contributed by atoms with E-state index >= 15 is 0 Å². The molecule has 3 N–H and O–H groups in total. The lowest BCUT2D eigenvalue weighted by molar-refractivity contribution is 0.393. The largest absolute Gasteiger partial charge is 0.496 e. The molecule has 0 aliphatic heterocycles. The number of nitrogens with two attached hydrogens (primary N) is 1. The van der Waals surface area contributed by atoms with Gasteiger partial charge in [0.05, 0.1) is 29.8 Å². The quantitative estimate of drug-likeness (QED) is 0.418. The van der Waals surface area contributed by atoms with Crippen LogP contribution in [0.2, 0.25) is 0 Å². The fraction of sp³-hybridized carbons (Fsp3) is 0.333. The Labute approximate surface area is 189 Å². The average Bonchev–Trinajstić information content (AvgIpc) is 3.37. The van der Waals surface area contributed by atoms with Crippen LogP contribution in [-0.4, -0.2) is 37.0 Å². The summed E-state index contributed by atoms with van der Waals surface area (Å²) in [5.74, 6) is 2.32. The number of fused-ring (bicyclic) bond motifs is 3. The molecule has 1 aliphatic rings. The molecule has 0 amide bonds. The van der Waals surface area contributed by atoms with E-state index in [0.717, 1.165) is 61.7 Å². The number of aryl methyl sites for hydroxylation is 3. The Morgan fingerprint density at radius 3 is 2.73 bits per heavy atom. The molecular formula is C24H25N7O2. The Kier molecular flexibility index (Phi) is 4.23. The molecule has 4 aromatic heterocycles. The molecule has 9 heteroatoms. The standard InChI is InChI=1S/C24H25N7O2/c1-11-21(12(2)33-30-11)16-9-18-15(10-20(16)32-4)22-19(27-24(25)28-23(22)26-18)8-14-7-17(13-5-6-13)29-31(14)3/h7,9-10,13H,5-6,8H2,1-4H3,(H3,25,26,27,28). The first kappa shape index (κ1) is 19.8. The highest BCUT2D eigenvalue weighted by Crippen LogP contribution is 2.41. The lowest BCUT2D eigenvalue weighted by Crippen LogP contribution is -2.04. The van der Waals surface area contributed by atoms with Crippen LogP contribution in [-0.2, 0) is 13.5 Å². The molecule has 4 heterocycles. The summed E-state index contributed by atoms with van der Waals surface area (Å²) in [7, 11) is 3.65. The molecule has 0 bridgehead atoms. The Morgan fingerprint density at radius 2 is 2.03 bits per heavy atom. The van der Waals surface area contributed by atoms with Crippen molar-refractivity contribution >= 4 is 27.9 Å². The highest BCUT2D eigenvalue weighted by molar-refractivity contribution is 6.09. The number of rotatable bonds is 5. The Balaban J connectivity index is 1.54. The maximum atomic E-state index is 6.09. The van der Waals surface area contributed by atoms with Crippen molar-refractivity contribution in [3.8, 4) is 16.9 Å². The molecule has 0 radical (unpaired) electrons. The SMILES string of the molecule is COc1cc2c(cc1-c1c(C)noc1C)[nH]c1nc(N)nc(Cc3cc(C4CC4)nn3C)c12. The first-order chi connectivity index (χ1) is 15.9. The van der Waals surface area contributed by atoms with Crippen molar-refractivity contribution in [2.75, 3.05) is 12.8 Å². The predicted molar refractivity (Wildman–Crippen MR) is 125 cm³/mol. The molecule has 0 unspecified atom stereocenters. The van der Waals surface area contributed by atoms with E-state index in [1.165, 1.54) is 12.8 Å². The summed E-state index contributed by atoms with van der Waals surface area (Å²) < 4.78 is 13.1. The molecule has 1 saturated carbocycles. The number of nitrogen functional groups attached to an aromatic ring is 1. The summed E-state index contributed by atoms with van der Waals surface area (Å²) in [5.41, 5.74) is 13.5. The Morgan fingerprint density at radius 1 is 1.21 bits per heavy atom. The second kappa shape index (κ2) is 7.06. The molecule has 6 rings (SSSR count). The van der Waals surface area contributed by atoms with Crippen molar-refractivity contribution in [3.05, 3.63) is 46.7 Å². The van der Waals surface area contributed by atoms with Gasteiger partial charge in [0.2, 0.25) is 5.95 Å². The minimum atomic E-state index is 0.242. The van der Waals surface area contributed by atoms with Gasteiger partial charge >= 0.3 is 0 Å². The molecule has 9 nitrogen and oxygen atoms in total. The third-order valence-electron chi connectivity index (χ3n) is 6.51. The van der Waals surface area contributed by atoms with E-state index in [2.05, 4.69) is 32.2 Å². The van der Waals surface area contributed by atoms with Crippen LogP contribution in [0.15, 0.2) is 22.7 Å². The number of aromatic nitrogens is 6. The van der Waals surface area contributed by atoms with Crippen LogP contribution < -0.4 is 10.5 Å². The summed E-state index contributed by atoms with van der Waals surface area (Å²) in [6, 6.07) is 6.27. The number of hydrogen-bond acceptors (Lipinski definition) is 7. The van der Waals surface area contributed by atoms with Gasteiger partial charge in [-0.3, -0.25) is 4.68 Å². The number of ether oxygens (including phenoxy) is 1. The van der Waals surface area contributed by atoms with Gasteiger partial charge in [-0.25, -0.2) is 4.98 Å². The zero-order valence-electron chi connectivity index (χ0n) is 19.1. The third kappa shape index (κ3) is 3.14. The van der Waals surface area contributed by atoms with Gasteiger partial charge in [0.15, 0.2) is 0 Å². The molecule has 5 aromatic rings. The van der Waals surface area contributed by atoms with Crippen LogP contribution in [0.25, 0.3) is 33.1 Å². The minimum absolute atomic E-state index is 0.242. The van der Waals surface area contributed by atoms with Crippen LogP contribution >= 0.6 is 0 Å². The second-order valence-corrected chi connectivity index (χ2v) is 8.81. The highest BCUT2D eigenvalue weighted by Gasteiger charge is 2.27. The molecule has 1 fully saturated rings. The summed E-state index contributed by atoms with van der Waals surface area (Å²) in [5, 5.41) is 10.7. The number of H-pyrrole nitrogens is 1. The number of aromatic amines is 1. The van der Waals surface area contributed by atoms with Crippen molar-refractivity contribution in [1.82, 2.24) is 29.9 Å². The molecule has 33 heavy (non-hydrogen) atoms. The average molecular weight is 444 g/mol. The summed E-state index contributed by atoms with van der Waals surface area (Å²) in [6.45, 7) is 3.83. The predicted octanol–water partition coefficient (Wildman–Crippen LogP) is 4.18. The molecule has 0 spiro atoms. The van der Waals surface area contributed by atoms with E-state index < -0.39 is 0 Å². The van der Waals surface area contributed by atoms with Crippen LogP contribution in [0.3, 0.4) is 0 Å². The van der Waals surface area contributed by atoms with E-state index in [1.54, 1.807) is 7.11 Å². The summed E-state index contributed by atoms with van der Waals surface area (Å²) >= 11 is 0. The lowest BCUT2D eigenvalue weighted by Gasteiger charge is -2.09. The van der Waals surface area contributed by atoms with Crippen LogP contribution in [0, 0.1) is 13.8 Å². The minimum Gasteiger partial charge on any atom is -0.496 e. The van der Waals surface area contributed by atoms with Crippen molar-refractivity contribution < 1.29 is 9.26 Å². The maximum Gasteiger partial charge on any atom is 0.222 e. The summed E-state index contributed by atoms with van der Waals surface area (Å²) in [6.07, 6.45) is 3.05. The van der Waals surface area contributed by atoms with Gasteiger partial charge in [0.1, 0.15) is 17.2 Å². The molecular weight excluding hydrogens is 418 g/mol.